The smallest absolute Gasteiger partial charge is 0.234 e. The molecular formula is C21H25Cl2N3O. The van der Waals surface area contributed by atoms with Gasteiger partial charge >= 0.3 is 0 Å². The number of carbonyl (C=O) groups is 1. The molecule has 0 aliphatic carbocycles. The number of amides is 1. The molecule has 2 aromatic rings. The number of halogens is 2. The second-order valence-corrected chi connectivity index (χ2v) is 7.75. The van der Waals surface area contributed by atoms with Gasteiger partial charge < -0.3 is 5.32 Å². The van der Waals surface area contributed by atoms with Gasteiger partial charge in [-0.1, -0.05) is 59.6 Å². The van der Waals surface area contributed by atoms with Gasteiger partial charge in [0.2, 0.25) is 5.91 Å². The monoisotopic (exact) mass is 405 g/mol. The lowest BCUT2D eigenvalue weighted by Gasteiger charge is -2.21. The molecule has 0 aromatic heterocycles. The summed E-state index contributed by atoms with van der Waals surface area (Å²) in [7, 11) is 0. The molecule has 4 nitrogen and oxygen atoms in total. The van der Waals surface area contributed by atoms with Crippen LogP contribution in [0.2, 0.25) is 10.0 Å². The Bertz CT molecular complexity index is 754. The maximum Gasteiger partial charge on any atom is 0.234 e. The van der Waals surface area contributed by atoms with Crippen LogP contribution in [0.1, 0.15) is 17.5 Å². The lowest BCUT2D eigenvalue weighted by Crippen LogP contribution is -2.39. The summed E-state index contributed by atoms with van der Waals surface area (Å²) in [5.41, 5.74) is 2.21. The first-order chi connectivity index (χ1) is 13.1. The molecule has 3 rings (SSSR count). The highest BCUT2D eigenvalue weighted by Gasteiger charge is 2.17. The summed E-state index contributed by atoms with van der Waals surface area (Å²) >= 11 is 12.1. The highest BCUT2D eigenvalue weighted by atomic mass is 35.5. The molecule has 1 heterocycles. The number of carbonyl (C=O) groups excluding carboxylic acids is 1. The van der Waals surface area contributed by atoms with Gasteiger partial charge in [-0.3, -0.25) is 14.6 Å². The van der Waals surface area contributed by atoms with Crippen LogP contribution < -0.4 is 5.32 Å². The third-order valence-corrected chi connectivity index (χ3v) is 5.38. The molecule has 27 heavy (non-hydrogen) atoms. The van der Waals surface area contributed by atoms with Crippen molar-refractivity contribution in [2.24, 2.45) is 0 Å². The molecule has 0 bridgehead atoms. The van der Waals surface area contributed by atoms with Crippen molar-refractivity contribution in [2.45, 2.75) is 19.5 Å². The van der Waals surface area contributed by atoms with E-state index in [4.69, 9.17) is 23.2 Å². The van der Waals surface area contributed by atoms with Crippen LogP contribution in [0.5, 0.6) is 0 Å². The van der Waals surface area contributed by atoms with Gasteiger partial charge in [-0.05, 0) is 42.8 Å². The molecular weight excluding hydrogens is 381 g/mol. The molecule has 0 unspecified atom stereocenters. The van der Waals surface area contributed by atoms with Crippen LogP contribution in [0.3, 0.4) is 0 Å². The Morgan fingerprint density at radius 3 is 2.48 bits per heavy atom. The maximum absolute atomic E-state index is 12.3. The number of rotatable bonds is 6. The van der Waals surface area contributed by atoms with E-state index in [1.54, 1.807) is 12.1 Å². The predicted octanol–water partition coefficient (Wildman–Crippen LogP) is 3.82. The summed E-state index contributed by atoms with van der Waals surface area (Å²) in [5, 5.41) is 4.13. The summed E-state index contributed by atoms with van der Waals surface area (Å²) in [6, 6.07) is 15.9. The van der Waals surface area contributed by atoms with Gasteiger partial charge in [0.05, 0.1) is 6.54 Å². The third-order valence-electron chi connectivity index (χ3n) is 4.79. The highest BCUT2D eigenvalue weighted by molar-refractivity contribution is 6.35. The SMILES string of the molecule is O=C(CN1CCCN(Cc2ccccc2)CC1)NCc1ccc(Cl)cc1Cl. The molecule has 0 saturated carbocycles. The van der Waals surface area contributed by atoms with E-state index in [-0.39, 0.29) is 5.91 Å². The summed E-state index contributed by atoms with van der Waals surface area (Å²) < 4.78 is 0. The first-order valence-electron chi connectivity index (χ1n) is 9.29. The van der Waals surface area contributed by atoms with Gasteiger partial charge in [0.15, 0.2) is 0 Å². The van der Waals surface area contributed by atoms with Crippen LogP contribution in [-0.2, 0) is 17.9 Å². The number of nitrogens with one attached hydrogen (secondary N) is 1. The topological polar surface area (TPSA) is 35.6 Å². The molecule has 0 atom stereocenters. The van der Waals surface area contributed by atoms with Crippen molar-refractivity contribution in [3.63, 3.8) is 0 Å². The molecule has 0 spiro atoms. The fourth-order valence-corrected chi connectivity index (χ4v) is 3.78. The van der Waals surface area contributed by atoms with Gasteiger partial charge in [0, 0.05) is 36.2 Å². The van der Waals surface area contributed by atoms with E-state index in [9.17, 15) is 4.79 Å². The van der Waals surface area contributed by atoms with Crippen molar-refractivity contribution in [3.05, 3.63) is 69.7 Å². The molecule has 1 aliphatic rings. The second-order valence-electron chi connectivity index (χ2n) is 6.90. The first-order valence-corrected chi connectivity index (χ1v) is 10.0. The van der Waals surface area contributed by atoms with Crippen molar-refractivity contribution < 1.29 is 4.79 Å². The van der Waals surface area contributed by atoms with E-state index < -0.39 is 0 Å². The third kappa shape index (κ3) is 6.51. The molecule has 1 saturated heterocycles. The minimum absolute atomic E-state index is 0.0255. The number of hydrogen-bond donors (Lipinski definition) is 1. The fourth-order valence-electron chi connectivity index (χ4n) is 3.30. The first kappa shape index (κ1) is 20.2. The lowest BCUT2D eigenvalue weighted by molar-refractivity contribution is -0.122. The van der Waals surface area contributed by atoms with E-state index in [1.165, 1.54) is 5.56 Å². The van der Waals surface area contributed by atoms with Crippen molar-refractivity contribution in [1.29, 1.82) is 0 Å². The Labute approximate surface area is 171 Å². The molecule has 1 aliphatic heterocycles. The molecule has 0 radical (unpaired) electrons. The summed E-state index contributed by atoms with van der Waals surface area (Å²) in [5.74, 6) is 0.0255. The molecule has 1 fully saturated rings. The zero-order chi connectivity index (χ0) is 19.1. The Hall–Kier alpha value is -1.59. The lowest BCUT2D eigenvalue weighted by atomic mass is 10.2. The Balaban J connectivity index is 1.43. The van der Waals surface area contributed by atoms with Crippen molar-refractivity contribution >= 4 is 29.1 Å². The fraction of sp³-hybridized carbons (Fsp3) is 0.381. The van der Waals surface area contributed by atoms with Gasteiger partial charge in [-0.2, -0.15) is 0 Å². The molecule has 1 amide bonds. The predicted molar refractivity (Wildman–Crippen MR) is 111 cm³/mol. The number of nitrogens with zero attached hydrogens (tertiary/aromatic N) is 2. The van der Waals surface area contributed by atoms with Crippen molar-refractivity contribution in [1.82, 2.24) is 15.1 Å². The van der Waals surface area contributed by atoms with E-state index in [2.05, 4.69) is 39.4 Å². The summed E-state index contributed by atoms with van der Waals surface area (Å²) in [6.07, 6.45) is 1.07. The molecule has 144 valence electrons. The molecule has 1 N–H and O–H groups in total. The van der Waals surface area contributed by atoms with Crippen LogP contribution in [0.15, 0.2) is 48.5 Å². The van der Waals surface area contributed by atoms with Gasteiger partial charge in [0.1, 0.15) is 0 Å². The highest BCUT2D eigenvalue weighted by Crippen LogP contribution is 2.20. The molecule has 6 heteroatoms. The normalized spacial score (nSPS) is 16.1. The van der Waals surface area contributed by atoms with Crippen molar-refractivity contribution in [3.8, 4) is 0 Å². The van der Waals surface area contributed by atoms with Crippen LogP contribution >= 0.6 is 23.2 Å². The summed E-state index contributed by atoms with van der Waals surface area (Å²) in [4.78, 5) is 17.0. The van der Waals surface area contributed by atoms with Gasteiger partial charge in [0.25, 0.3) is 0 Å². The Kier molecular flexibility index (Phi) is 7.53. The number of hydrogen-bond acceptors (Lipinski definition) is 3. The van der Waals surface area contributed by atoms with Crippen LogP contribution in [-0.4, -0.2) is 48.4 Å². The standard InChI is InChI=1S/C21H25Cl2N3O/c22-19-8-7-18(20(23)13-19)14-24-21(27)16-26-10-4-9-25(11-12-26)15-17-5-2-1-3-6-17/h1-3,5-8,13H,4,9-12,14-16H2,(H,24,27). The Morgan fingerprint density at radius 2 is 1.70 bits per heavy atom. The van der Waals surface area contributed by atoms with E-state index in [1.807, 2.05) is 12.1 Å². The second kappa shape index (κ2) is 10.1. The number of benzene rings is 2. The zero-order valence-corrected chi connectivity index (χ0v) is 16.8. The van der Waals surface area contributed by atoms with E-state index >= 15 is 0 Å². The average Bonchev–Trinajstić information content (AvgIpc) is 2.87. The van der Waals surface area contributed by atoms with Gasteiger partial charge in [-0.15, -0.1) is 0 Å². The van der Waals surface area contributed by atoms with E-state index in [0.717, 1.165) is 44.7 Å². The molecule has 2 aromatic carbocycles. The van der Waals surface area contributed by atoms with Crippen LogP contribution in [0.25, 0.3) is 0 Å². The minimum Gasteiger partial charge on any atom is -0.351 e. The Morgan fingerprint density at radius 1 is 0.963 bits per heavy atom. The van der Waals surface area contributed by atoms with Crippen LogP contribution in [0.4, 0.5) is 0 Å². The minimum atomic E-state index is 0.0255. The summed E-state index contributed by atoms with van der Waals surface area (Å²) in [6.45, 7) is 5.70. The van der Waals surface area contributed by atoms with Crippen molar-refractivity contribution in [2.75, 3.05) is 32.7 Å². The van der Waals surface area contributed by atoms with E-state index in [0.29, 0.717) is 23.1 Å². The maximum atomic E-state index is 12.3. The van der Waals surface area contributed by atoms with Crippen LogP contribution in [0, 0.1) is 0 Å². The van der Waals surface area contributed by atoms with Gasteiger partial charge in [-0.25, -0.2) is 0 Å². The quantitative estimate of drug-likeness (QED) is 0.793. The zero-order valence-electron chi connectivity index (χ0n) is 15.3. The largest absolute Gasteiger partial charge is 0.351 e. The average molecular weight is 406 g/mol.